The van der Waals surface area contributed by atoms with Crippen LogP contribution in [0.15, 0.2) is 54.9 Å². The highest BCUT2D eigenvalue weighted by Crippen LogP contribution is 2.41. The van der Waals surface area contributed by atoms with Gasteiger partial charge < -0.3 is 0 Å². The third kappa shape index (κ3) is 2.06. The van der Waals surface area contributed by atoms with Crippen molar-refractivity contribution in [2.45, 2.75) is 39.0 Å². The molecular weight excluding hydrogens is 292 g/mol. The zero-order valence-electron chi connectivity index (χ0n) is 14.1. The molecule has 2 aromatic heterocycles. The van der Waals surface area contributed by atoms with E-state index in [4.69, 9.17) is 0 Å². The molecule has 2 heterocycles. The molecule has 0 aliphatic heterocycles. The van der Waals surface area contributed by atoms with Crippen molar-refractivity contribution in [3.05, 3.63) is 60.4 Å². The molecular formula is C22H22N2. The lowest BCUT2D eigenvalue weighted by Gasteiger charge is -2.23. The first-order chi connectivity index (χ1) is 11.7. The van der Waals surface area contributed by atoms with Gasteiger partial charge in [-0.1, -0.05) is 50.1 Å². The molecule has 2 heteroatoms. The second-order valence-electron chi connectivity index (χ2n) is 7.71. The molecule has 1 fully saturated rings. The van der Waals surface area contributed by atoms with Crippen LogP contribution in [0.2, 0.25) is 0 Å². The highest BCUT2D eigenvalue weighted by Gasteiger charge is 2.28. The van der Waals surface area contributed by atoms with Gasteiger partial charge in [0, 0.05) is 23.2 Å². The average molecular weight is 314 g/mol. The number of nitrogens with zero attached hydrogens (tertiary/aromatic N) is 2. The molecule has 24 heavy (non-hydrogen) atoms. The van der Waals surface area contributed by atoms with Gasteiger partial charge in [0.05, 0.1) is 5.52 Å². The lowest BCUT2D eigenvalue weighted by Crippen LogP contribution is -2.14. The minimum atomic E-state index is 0.489. The number of fused-ring (bicyclic) bond motifs is 6. The first-order valence-corrected chi connectivity index (χ1v) is 9.00. The molecule has 2 nitrogen and oxygen atoms in total. The van der Waals surface area contributed by atoms with Gasteiger partial charge >= 0.3 is 0 Å². The summed E-state index contributed by atoms with van der Waals surface area (Å²) in [6.45, 7) is 2.46. The number of hydrogen-bond acceptors (Lipinski definition) is 1. The van der Waals surface area contributed by atoms with Gasteiger partial charge in [-0.05, 0) is 47.8 Å². The molecule has 2 aromatic carbocycles. The monoisotopic (exact) mass is 314 g/mol. The standard InChI is InChI=1S/C22H22N2/c1-22(10-4-5-11-22)15-16-8-9-20-19(14-16)17-6-2-3-7-18(17)21-23-12-13-24(20)21/h2-3,6-9,12-14H,4-5,10-11,15H2,1H3. The van der Waals surface area contributed by atoms with E-state index in [-0.39, 0.29) is 0 Å². The van der Waals surface area contributed by atoms with E-state index >= 15 is 0 Å². The Hall–Kier alpha value is -2.35. The number of benzene rings is 2. The maximum Gasteiger partial charge on any atom is 0.145 e. The largest absolute Gasteiger partial charge is 0.299 e. The lowest BCUT2D eigenvalue weighted by molar-refractivity contribution is 0.335. The maximum absolute atomic E-state index is 4.58. The van der Waals surface area contributed by atoms with E-state index in [9.17, 15) is 0 Å². The van der Waals surface area contributed by atoms with Gasteiger partial charge in [0.2, 0.25) is 0 Å². The van der Waals surface area contributed by atoms with Crippen LogP contribution in [0.25, 0.3) is 27.3 Å². The molecule has 0 bridgehead atoms. The summed E-state index contributed by atoms with van der Waals surface area (Å²) < 4.78 is 2.22. The van der Waals surface area contributed by atoms with Crippen LogP contribution < -0.4 is 0 Å². The minimum absolute atomic E-state index is 0.489. The van der Waals surface area contributed by atoms with Crippen LogP contribution in [-0.4, -0.2) is 9.38 Å². The molecule has 1 saturated carbocycles. The van der Waals surface area contributed by atoms with Crippen molar-refractivity contribution in [2.24, 2.45) is 5.41 Å². The second kappa shape index (κ2) is 5.07. The molecule has 0 N–H and O–H groups in total. The van der Waals surface area contributed by atoms with Gasteiger partial charge in [-0.2, -0.15) is 0 Å². The van der Waals surface area contributed by atoms with Gasteiger partial charge in [-0.15, -0.1) is 0 Å². The highest BCUT2D eigenvalue weighted by atomic mass is 15.0. The van der Waals surface area contributed by atoms with Crippen LogP contribution in [0.5, 0.6) is 0 Å². The minimum Gasteiger partial charge on any atom is -0.299 e. The molecule has 0 radical (unpaired) electrons. The van der Waals surface area contributed by atoms with E-state index in [1.54, 1.807) is 0 Å². The zero-order valence-corrected chi connectivity index (χ0v) is 14.1. The predicted octanol–water partition coefficient (Wildman–Crippen LogP) is 5.76. The molecule has 0 unspecified atom stereocenters. The molecule has 4 aromatic rings. The molecule has 0 saturated heterocycles. The highest BCUT2D eigenvalue weighted by molar-refractivity contribution is 6.11. The molecule has 0 spiro atoms. The van der Waals surface area contributed by atoms with Gasteiger partial charge in [0.1, 0.15) is 5.65 Å². The Labute approximate surface area is 142 Å². The Bertz CT molecular complexity index is 1050. The molecule has 5 rings (SSSR count). The van der Waals surface area contributed by atoms with E-state index in [1.165, 1.54) is 59.3 Å². The fraction of sp³-hybridized carbons (Fsp3) is 0.318. The molecule has 120 valence electrons. The normalized spacial score (nSPS) is 17.2. The van der Waals surface area contributed by atoms with Crippen LogP contribution in [0, 0.1) is 5.41 Å². The number of hydrogen-bond donors (Lipinski definition) is 0. The van der Waals surface area contributed by atoms with Crippen LogP contribution in [0.3, 0.4) is 0 Å². The molecule has 0 atom stereocenters. The zero-order chi connectivity index (χ0) is 16.1. The van der Waals surface area contributed by atoms with Gasteiger partial charge in [0.15, 0.2) is 0 Å². The number of rotatable bonds is 2. The van der Waals surface area contributed by atoms with Crippen molar-refractivity contribution < 1.29 is 0 Å². The summed E-state index contributed by atoms with van der Waals surface area (Å²) in [7, 11) is 0. The second-order valence-corrected chi connectivity index (χ2v) is 7.71. The lowest BCUT2D eigenvalue weighted by atomic mass is 9.82. The average Bonchev–Trinajstić information content (AvgIpc) is 3.24. The number of imidazole rings is 1. The third-order valence-corrected chi connectivity index (χ3v) is 5.86. The summed E-state index contributed by atoms with van der Waals surface area (Å²) in [5.41, 5.74) is 4.26. The molecule has 1 aliphatic carbocycles. The summed E-state index contributed by atoms with van der Waals surface area (Å²) in [5.74, 6) is 0. The fourth-order valence-corrected chi connectivity index (χ4v) is 4.63. The van der Waals surface area contributed by atoms with Crippen molar-refractivity contribution in [3.8, 4) is 0 Å². The Morgan fingerprint density at radius 1 is 1.00 bits per heavy atom. The fourth-order valence-electron chi connectivity index (χ4n) is 4.63. The van der Waals surface area contributed by atoms with Crippen LogP contribution >= 0.6 is 0 Å². The number of aromatic nitrogens is 2. The summed E-state index contributed by atoms with van der Waals surface area (Å²) in [6, 6.07) is 15.7. The first-order valence-electron chi connectivity index (χ1n) is 9.00. The summed E-state index contributed by atoms with van der Waals surface area (Å²) >= 11 is 0. The maximum atomic E-state index is 4.58. The van der Waals surface area contributed by atoms with Crippen LogP contribution in [0.1, 0.15) is 38.2 Å². The van der Waals surface area contributed by atoms with Crippen molar-refractivity contribution >= 4 is 27.3 Å². The van der Waals surface area contributed by atoms with Crippen molar-refractivity contribution in [1.82, 2.24) is 9.38 Å². The first kappa shape index (κ1) is 14.0. The SMILES string of the molecule is CC1(Cc2ccc3c(c2)c2ccccc2c2nccn32)CCCC1. The Balaban J connectivity index is 1.76. The van der Waals surface area contributed by atoms with E-state index in [0.29, 0.717) is 5.41 Å². The van der Waals surface area contributed by atoms with Crippen molar-refractivity contribution in [3.63, 3.8) is 0 Å². The van der Waals surface area contributed by atoms with Crippen LogP contribution in [-0.2, 0) is 6.42 Å². The van der Waals surface area contributed by atoms with E-state index in [1.807, 2.05) is 6.20 Å². The van der Waals surface area contributed by atoms with E-state index in [2.05, 4.69) is 65.0 Å². The van der Waals surface area contributed by atoms with E-state index < -0.39 is 0 Å². The quantitative estimate of drug-likeness (QED) is 0.430. The van der Waals surface area contributed by atoms with Crippen molar-refractivity contribution in [1.29, 1.82) is 0 Å². The third-order valence-electron chi connectivity index (χ3n) is 5.86. The smallest absolute Gasteiger partial charge is 0.145 e. The Morgan fingerprint density at radius 3 is 2.62 bits per heavy atom. The van der Waals surface area contributed by atoms with Crippen LogP contribution in [0.4, 0.5) is 0 Å². The van der Waals surface area contributed by atoms with E-state index in [0.717, 1.165) is 5.65 Å². The Kier molecular flexibility index (Phi) is 2.97. The van der Waals surface area contributed by atoms with Gasteiger partial charge in [-0.3, -0.25) is 4.40 Å². The summed E-state index contributed by atoms with van der Waals surface area (Å²) in [6.07, 6.45) is 10.7. The molecule has 1 aliphatic rings. The Morgan fingerprint density at radius 2 is 1.79 bits per heavy atom. The van der Waals surface area contributed by atoms with Gasteiger partial charge in [-0.25, -0.2) is 4.98 Å². The topological polar surface area (TPSA) is 17.3 Å². The van der Waals surface area contributed by atoms with Gasteiger partial charge in [0.25, 0.3) is 0 Å². The number of pyridine rings is 1. The summed E-state index contributed by atoms with van der Waals surface area (Å²) in [5, 5.41) is 3.89. The summed E-state index contributed by atoms with van der Waals surface area (Å²) in [4.78, 5) is 4.58. The molecule has 0 amide bonds. The van der Waals surface area contributed by atoms with Crippen molar-refractivity contribution in [2.75, 3.05) is 0 Å². The predicted molar refractivity (Wildman–Crippen MR) is 100 cm³/mol.